The van der Waals surface area contributed by atoms with Crippen LogP contribution < -0.4 is 4.90 Å². The molecule has 18 heavy (non-hydrogen) atoms. The predicted molar refractivity (Wildman–Crippen MR) is 71.4 cm³/mol. The Morgan fingerprint density at radius 2 is 1.89 bits per heavy atom. The fourth-order valence-electron chi connectivity index (χ4n) is 2.18. The Hall–Kier alpha value is -1.39. The van der Waals surface area contributed by atoms with E-state index in [1.165, 1.54) is 0 Å². The number of anilines is 1. The largest absolute Gasteiger partial charge is 0.343 e. The molecular formula is C14H20N2O2. The van der Waals surface area contributed by atoms with Gasteiger partial charge in [-0.25, -0.2) is 4.98 Å². The first kappa shape index (κ1) is 13.1. The highest BCUT2D eigenvalue weighted by Crippen LogP contribution is 2.38. The lowest BCUT2D eigenvalue weighted by Gasteiger charge is -2.36. The van der Waals surface area contributed by atoms with Gasteiger partial charge in [-0.3, -0.25) is 0 Å². The zero-order chi connectivity index (χ0) is 13.2. The van der Waals surface area contributed by atoms with Gasteiger partial charge in [0.05, 0.1) is 5.56 Å². The van der Waals surface area contributed by atoms with Gasteiger partial charge in [-0.1, -0.05) is 0 Å². The zero-order valence-corrected chi connectivity index (χ0v) is 11.4. The minimum atomic E-state index is -0.800. The quantitative estimate of drug-likeness (QED) is 0.767. The van der Waals surface area contributed by atoms with Crippen LogP contribution in [0, 0.1) is 6.92 Å². The summed E-state index contributed by atoms with van der Waals surface area (Å²) in [6.45, 7) is 7.08. The molecule has 0 bridgehead atoms. The third kappa shape index (κ3) is 2.13. The molecule has 0 amide bonds. The van der Waals surface area contributed by atoms with Crippen molar-refractivity contribution in [1.29, 1.82) is 0 Å². The van der Waals surface area contributed by atoms with Gasteiger partial charge in [0.1, 0.15) is 5.82 Å². The highest BCUT2D eigenvalue weighted by molar-refractivity contribution is 5.56. The van der Waals surface area contributed by atoms with Crippen LogP contribution in [0.3, 0.4) is 0 Å². The molecule has 0 N–H and O–H groups in total. The summed E-state index contributed by atoms with van der Waals surface area (Å²) in [5, 5.41) is 0. The van der Waals surface area contributed by atoms with Crippen LogP contribution in [0.4, 0.5) is 5.82 Å². The van der Waals surface area contributed by atoms with Crippen molar-refractivity contribution in [1.82, 2.24) is 4.98 Å². The fraction of sp³-hybridized carbons (Fsp3) is 0.500. The van der Waals surface area contributed by atoms with Crippen LogP contribution in [0.1, 0.15) is 25.1 Å². The van der Waals surface area contributed by atoms with Gasteiger partial charge in [0.25, 0.3) is 0 Å². The first-order chi connectivity index (χ1) is 8.63. The number of nitrogens with zero attached hydrogens (tertiary/aromatic N) is 2. The molecule has 0 radical (unpaired) electrons. The number of aromatic nitrogens is 1. The van der Waals surface area contributed by atoms with E-state index in [9.17, 15) is 0 Å². The SMILES string of the molecule is CCOC1(OCC)C=CN(C)c2nc(C)ccc21. The van der Waals surface area contributed by atoms with Crippen molar-refractivity contribution >= 4 is 5.82 Å². The first-order valence-electron chi connectivity index (χ1n) is 6.31. The summed E-state index contributed by atoms with van der Waals surface area (Å²) in [5.41, 5.74) is 1.94. The van der Waals surface area contributed by atoms with Gasteiger partial charge < -0.3 is 14.4 Å². The Balaban J connectivity index is 2.53. The van der Waals surface area contributed by atoms with Crippen molar-refractivity contribution in [2.45, 2.75) is 26.6 Å². The third-order valence-corrected chi connectivity index (χ3v) is 2.96. The highest BCUT2D eigenvalue weighted by Gasteiger charge is 2.37. The monoisotopic (exact) mass is 248 g/mol. The molecule has 0 spiro atoms. The molecule has 4 nitrogen and oxygen atoms in total. The molecule has 4 heteroatoms. The maximum absolute atomic E-state index is 5.85. The van der Waals surface area contributed by atoms with E-state index in [1.807, 2.05) is 57.1 Å². The van der Waals surface area contributed by atoms with Crippen LogP contribution in [0.25, 0.3) is 0 Å². The Bertz CT molecular complexity index is 451. The second-order valence-corrected chi connectivity index (χ2v) is 4.28. The van der Waals surface area contributed by atoms with Crippen molar-refractivity contribution in [2.75, 3.05) is 25.2 Å². The minimum Gasteiger partial charge on any atom is -0.343 e. The molecule has 0 saturated heterocycles. The van der Waals surface area contributed by atoms with E-state index in [-0.39, 0.29) is 0 Å². The van der Waals surface area contributed by atoms with Crippen molar-refractivity contribution in [3.05, 3.63) is 35.7 Å². The summed E-state index contributed by atoms with van der Waals surface area (Å²) < 4.78 is 11.7. The van der Waals surface area contributed by atoms with Crippen molar-refractivity contribution < 1.29 is 9.47 Å². The minimum absolute atomic E-state index is 0.585. The number of rotatable bonds is 4. The summed E-state index contributed by atoms with van der Waals surface area (Å²) in [7, 11) is 1.98. The lowest BCUT2D eigenvalue weighted by molar-refractivity contribution is -0.208. The number of fused-ring (bicyclic) bond motifs is 1. The van der Waals surface area contributed by atoms with Crippen LogP contribution in [0.2, 0.25) is 0 Å². The van der Waals surface area contributed by atoms with E-state index in [4.69, 9.17) is 9.47 Å². The highest BCUT2D eigenvalue weighted by atomic mass is 16.7. The van der Waals surface area contributed by atoms with Crippen molar-refractivity contribution in [3.8, 4) is 0 Å². The standard InChI is InChI=1S/C14H20N2O2/c1-5-17-14(18-6-2)9-10-16(4)13-12(14)8-7-11(3)15-13/h7-10H,5-6H2,1-4H3. The van der Waals surface area contributed by atoms with Gasteiger partial charge in [-0.05, 0) is 39.0 Å². The summed E-state index contributed by atoms with van der Waals surface area (Å²) >= 11 is 0. The number of hydrogen-bond acceptors (Lipinski definition) is 4. The zero-order valence-electron chi connectivity index (χ0n) is 11.4. The maximum Gasteiger partial charge on any atom is 0.220 e. The molecule has 0 saturated carbocycles. The summed E-state index contributed by atoms with van der Waals surface area (Å²) in [6.07, 6.45) is 3.89. The average molecular weight is 248 g/mol. The van der Waals surface area contributed by atoms with Gasteiger partial charge in [0.2, 0.25) is 5.79 Å². The van der Waals surface area contributed by atoms with E-state index < -0.39 is 5.79 Å². The van der Waals surface area contributed by atoms with Crippen LogP contribution in [0.15, 0.2) is 24.4 Å². The van der Waals surface area contributed by atoms with Gasteiger partial charge in [-0.15, -0.1) is 0 Å². The normalized spacial score (nSPS) is 16.8. The Morgan fingerprint density at radius 1 is 1.22 bits per heavy atom. The lowest BCUT2D eigenvalue weighted by Crippen LogP contribution is -2.37. The van der Waals surface area contributed by atoms with Crippen molar-refractivity contribution in [2.24, 2.45) is 0 Å². The molecule has 1 aromatic rings. The van der Waals surface area contributed by atoms with Gasteiger partial charge in [0.15, 0.2) is 0 Å². The van der Waals surface area contributed by atoms with E-state index in [0.29, 0.717) is 13.2 Å². The molecular weight excluding hydrogens is 228 g/mol. The molecule has 0 aliphatic carbocycles. The van der Waals surface area contributed by atoms with Gasteiger partial charge in [-0.2, -0.15) is 0 Å². The summed E-state index contributed by atoms with van der Waals surface area (Å²) in [6, 6.07) is 4.02. The summed E-state index contributed by atoms with van der Waals surface area (Å²) in [5.74, 6) is 0.0888. The smallest absolute Gasteiger partial charge is 0.220 e. The van der Waals surface area contributed by atoms with E-state index in [0.717, 1.165) is 17.1 Å². The van der Waals surface area contributed by atoms with E-state index >= 15 is 0 Å². The third-order valence-electron chi connectivity index (χ3n) is 2.96. The predicted octanol–water partition coefficient (Wildman–Crippen LogP) is 2.58. The van der Waals surface area contributed by atoms with E-state index in [2.05, 4.69) is 4.98 Å². The molecule has 0 atom stereocenters. The number of aryl methyl sites for hydroxylation is 1. The Labute approximate surface area is 108 Å². The second kappa shape index (κ2) is 5.08. The van der Waals surface area contributed by atoms with Crippen LogP contribution in [0.5, 0.6) is 0 Å². The molecule has 2 rings (SSSR count). The number of ether oxygens (including phenoxy) is 2. The number of hydrogen-bond donors (Lipinski definition) is 0. The molecule has 0 fully saturated rings. The molecule has 1 aliphatic rings. The van der Waals surface area contributed by atoms with Crippen LogP contribution in [-0.2, 0) is 15.3 Å². The molecule has 2 heterocycles. The van der Waals surface area contributed by atoms with Gasteiger partial charge in [0, 0.05) is 32.2 Å². The lowest BCUT2D eigenvalue weighted by atomic mass is 10.0. The summed E-state index contributed by atoms with van der Waals surface area (Å²) in [4.78, 5) is 6.55. The Kier molecular flexibility index (Phi) is 3.68. The number of pyridine rings is 1. The second-order valence-electron chi connectivity index (χ2n) is 4.28. The molecule has 0 aromatic carbocycles. The average Bonchev–Trinajstić information content (AvgIpc) is 2.35. The van der Waals surface area contributed by atoms with Gasteiger partial charge >= 0.3 is 0 Å². The van der Waals surface area contributed by atoms with E-state index in [1.54, 1.807) is 0 Å². The fourth-order valence-corrected chi connectivity index (χ4v) is 2.18. The molecule has 1 aliphatic heterocycles. The first-order valence-corrected chi connectivity index (χ1v) is 6.31. The van der Waals surface area contributed by atoms with Crippen LogP contribution in [-0.4, -0.2) is 25.2 Å². The molecule has 0 unspecified atom stereocenters. The topological polar surface area (TPSA) is 34.6 Å². The maximum atomic E-state index is 5.85. The molecule has 98 valence electrons. The van der Waals surface area contributed by atoms with Crippen molar-refractivity contribution in [3.63, 3.8) is 0 Å². The Morgan fingerprint density at radius 3 is 2.50 bits per heavy atom. The molecule has 1 aromatic heterocycles. The van der Waals surface area contributed by atoms with Crippen LogP contribution >= 0.6 is 0 Å².